The Labute approximate surface area is 116 Å². The van der Waals surface area contributed by atoms with Gasteiger partial charge in [-0.25, -0.2) is 4.39 Å². The van der Waals surface area contributed by atoms with Crippen LogP contribution in [0.4, 0.5) is 15.8 Å². The van der Waals surface area contributed by atoms with Gasteiger partial charge in [-0.15, -0.1) is 0 Å². The highest BCUT2D eigenvalue weighted by Crippen LogP contribution is 2.37. The van der Waals surface area contributed by atoms with E-state index in [4.69, 9.17) is 0 Å². The van der Waals surface area contributed by atoms with E-state index in [9.17, 15) is 24.6 Å². The third-order valence-electron chi connectivity index (χ3n) is 2.41. The molecule has 20 heavy (non-hydrogen) atoms. The van der Waals surface area contributed by atoms with Crippen LogP contribution in [-0.2, 0) is 0 Å². The predicted octanol–water partition coefficient (Wildman–Crippen LogP) is 3.79. The Bertz CT molecular complexity index is 693. The summed E-state index contributed by atoms with van der Waals surface area (Å²) >= 11 is 0.850. The van der Waals surface area contributed by atoms with Crippen LogP contribution in [0.2, 0.25) is 0 Å². The van der Waals surface area contributed by atoms with Crippen LogP contribution in [0.15, 0.2) is 52.3 Å². The van der Waals surface area contributed by atoms with E-state index >= 15 is 0 Å². The van der Waals surface area contributed by atoms with Gasteiger partial charge in [0.25, 0.3) is 11.4 Å². The number of hydrogen-bond donors (Lipinski definition) is 0. The molecule has 0 aliphatic carbocycles. The molecule has 0 heterocycles. The van der Waals surface area contributed by atoms with Crippen LogP contribution >= 0.6 is 11.8 Å². The topological polar surface area (TPSA) is 86.3 Å². The first-order valence-electron chi connectivity index (χ1n) is 5.34. The van der Waals surface area contributed by atoms with E-state index in [-0.39, 0.29) is 15.5 Å². The summed E-state index contributed by atoms with van der Waals surface area (Å²) in [6.45, 7) is 0. The zero-order chi connectivity index (χ0) is 14.7. The lowest BCUT2D eigenvalue weighted by molar-refractivity contribution is -0.396. The summed E-state index contributed by atoms with van der Waals surface area (Å²) in [6, 6.07) is 9.07. The standard InChI is InChI=1S/C12H7FN2O4S/c13-9-3-1-2-4-11(9)20-12-6-5-8(14(16)17)7-10(12)15(18)19/h1-7H. The Morgan fingerprint density at radius 1 is 0.950 bits per heavy atom. The molecule has 0 radical (unpaired) electrons. The van der Waals surface area contributed by atoms with Gasteiger partial charge in [0, 0.05) is 11.0 Å². The van der Waals surface area contributed by atoms with Crippen molar-refractivity contribution >= 4 is 23.1 Å². The fourth-order valence-corrected chi connectivity index (χ4v) is 2.42. The number of benzene rings is 2. The van der Waals surface area contributed by atoms with E-state index in [2.05, 4.69) is 0 Å². The van der Waals surface area contributed by atoms with Crippen LogP contribution in [0.5, 0.6) is 0 Å². The van der Waals surface area contributed by atoms with E-state index < -0.39 is 21.4 Å². The van der Waals surface area contributed by atoms with Gasteiger partial charge in [0.05, 0.1) is 20.8 Å². The Kier molecular flexibility index (Phi) is 3.94. The number of rotatable bonds is 4. The van der Waals surface area contributed by atoms with Crippen molar-refractivity contribution in [2.45, 2.75) is 9.79 Å². The lowest BCUT2D eigenvalue weighted by Gasteiger charge is -2.04. The number of nitro groups is 2. The third-order valence-corrected chi connectivity index (χ3v) is 3.52. The number of nitrogens with zero attached hydrogens (tertiary/aromatic N) is 2. The third kappa shape index (κ3) is 2.91. The van der Waals surface area contributed by atoms with Crippen molar-refractivity contribution in [2.24, 2.45) is 0 Å². The second-order valence-electron chi connectivity index (χ2n) is 3.70. The van der Waals surface area contributed by atoms with Crippen molar-refractivity contribution in [1.29, 1.82) is 0 Å². The van der Waals surface area contributed by atoms with Crippen LogP contribution in [-0.4, -0.2) is 9.85 Å². The Morgan fingerprint density at radius 2 is 1.65 bits per heavy atom. The average molecular weight is 294 g/mol. The van der Waals surface area contributed by atoms with Gasteiger partial charge < -0.3 is 0 Å². The molecule has 2 aromatic rings. The van der Waals surface area contributed by atoms with Crippen molar-refractivity contribution in [3.63, 3.8) is 0 Å². The van der Waals surface area contributed by atoms with Gasteiger partial charge in [-0.05, 0) is 18.2 Å². The minimum Gasteiger partial charge on any atom is -0.258 e. The van der Waals surface area contributed by atoms with Crippen LogP contribution in [0.3, 0.4) is 0 Å². The van der Waals surface area contributed by atoms with Gasteiger partial charge in [-0.3, -0.25) is 20.2 Å². The molecule has 0 amide bonds. The number of non-ortho nitro benzene ring substituents is 1. The smallest absolute Gasteiger partial charge is 0.258 e. The Balaban J connectivity index is 2.44. The first-order valence-corrected chi connectivity index (χ1v) is 6.16. The lowest BCUT2D eigenvalue weighted by Crippen LogP contribution is -1.94. The van der Waals surface area contributed by atoms with E-state index in [1.165, 1.54) is 24.3 Å². The maximum Gasteiger partial charge on any atom is 0.290 e. The van der Waals surface area contributed by atoms with Crippen molar-refractivity contribution in [2.75, 3.05) is 0 Å². The average Bonchev–Trinajstić information content (AvgIpc) is 2.41. The summed E-state index contributed by atoms with van der Waals surface area (Å²) < 4.78 is 13.5. The van der Waals surface area contributed by atoms with Gasteiger partial charge >= 0.3 is 0 Å². The number of nitro benzene ring substituents is 2. The molecule has 0 fully saturated rings. The molecule has 0 aliphatic heterocycles. The van der Waals surface area contributed by atoms with Crippen LogP contribution in [0, 0.1) is 26.0 Å². The highest BCUT2D eigenvalue weighted by molar-refractivity contribution is 7.99. The van der Waals surface area contributed by atoms with E-state index in [1.807, 2.05) is 0 Å². The van der Waals surface area contributed by atoms with Crippen molar-refractivity contribution in [3.8, 4) is 0 Å². The second kappa shape index (κ2) is 5.66. The Hall–Kier alpha value is -2.48. The van der Waals surface area contributed by atoms with Crippen molar-refractivity contribution < 1.29 is 14.2 Å². The maximum absolute atomic E-state index is 13.5. The van der Waals surface area contributed by atoms with Crippen LogP contribution < -0.4 is 0 Å². The maximum atomic E-state index is 13.5. The monoisotopic (exact) mass is 294 g/mol. The molecule has 0 aliphatic rings. The molecule has 2 aromatic carbocycles. The zero-order valence-corrected chi connectivity index (χ0v) is 10.7. The predicted molar refractivity (Wildman–Crippen MR) is 70.3 cm³/mol. The van der Waals surface area contributed by atoms with E-state index in [1.54, 1.807) is 6.07 Å². The second-order valence-corrected chi connectivity index (χ2v) is 4.78. The minimum absolute atomic E-state index is 0.144. The summed E-state index contributed by atoms with van der Waals surface area (Å²) in [4.78, 5) is 20.5. The summed E-state index contributed by atoms with van der Waals surface area (Å²) in [5, 5.41) is 21.6. The number of hydrogen-bond acceptors (Lipinski definition) is 5. The van der Waals surface area contributed by atoms with E-state index in [0.717, 1.165) is 23.9 Å². The normalized spacial score (nSPS) is 10.2. The lowest BCUT2D eigenvalue weighted by atomic mass is 10.3. The highest BCUT2D eigenvalue weighted by atomic mass is 32.2. The summed E-state index contributed by atoms with van der Waals surface area (Å²) in [5.41, 5.74) is -0.804. The van der Waals surface area contributed by atoms with Crippen LogP contribution in [0.25, 0.3) is 0 Å². The summed E-state index contributed by atoms with van der Waals surface area (Å²) in [5.74, 6) is -0.509. The van der Waals surface area contributed by atoms with Crippen molar-refractivity contribution in [3.05, 3.63) is 68.5 Å². The molecule has 0 saturated carbocycles. The molecule has 0 atom stereocenters. The van der Waals surface area contributed by atoms with Gasteiger partial charge in [0.15, 0.2) is 0 Å². The minimum atomic E-state index is -0.726. The molecule has 102 valence electrons. The number of halogens is 1. The quantitative estimate of drug-likeness (QED) is 0.632. The van der Waals surface area contributed by atoms with Gasteiger partial charge in [-0.2, -0.15) is 0 Å². The van der Waals surface area contributed by atoms with Crippen LogP contribution in [0.1, 0.15) is 0 Å². The summed E-state index contributed by atoms with van der Waals surface area (Å²) in [7, 11) is 0. The van der Waals surface area contributed by atoms with Gasteiger partial charge in [0.1, 0.15) is 5.82 Å². The molecule has 6 nitrogen and oxygen atoms in total. The zero-order valence-electron chi connectivity index (χ0n) is 9.86. The fraction of sp³-hybridized carbons (Fsp3) is 0. The Morgan fingerprint density at radius 3 is 2.25 bits per heavy atom. The fourth-order valence-electron chi connectivity index (χ4n) is 1.49. The van der Waals surface area contributed by atoms with Crippen molar-refractivity contribution in [1.82, 2.24) is 0 Å². The molecule has 2 rings (SSSR count). The van der Waals surface area contributed by atoms with Gasteiger partial charge in [0.2, 0.25) is 0 Å². The molecule has 0 aromatic heterocycles. The molecular formula is C12H7FN2O4S. The molecular weight excluding hydrogens is 287 g/mol. The molecule has 8 heteroatoms. The molecule has 0 unspecified atom stereocenters. The molecule has 0 spiro atoms. The van der Waals surface area contributed by atoms with E-state index in [0.29, 0.717) is 0 Å². The highest BCUT2D eigenvalue weighted by Gasteiger charge is 2.20. The summed E-state index contributed by atoms with van der Waals surface area (Å²) in [6.07, 6.45) is 0. The SMILES string of the molecule is O=[N+]([O-])c1ccc(Sc2ccccc2F)c([N+](=O)[O-])c1. The largest absolute Gasteiger partial charge is 0.290 e. The molecule has 0 saturated heterocycles. The first kappa shape index (κ1) is 13.9. The first-order chi connectivity index (χ1) is 9.49. The molecule has 0 bridgehead atoms. The molecule has 0 N–H and O–H groups in total. The van der Waals surface area contributed by atoms with Gasteiger partial charge in [-0.1, -0.05) is 23.9 Å².